The second-order valence-electron chi connectivity index (χ2n) is 7.68. The number of amides is 2. The Balaban J connectivity index is 1.71. The van der Waals surface area contributed by atoms with Crippen molar-refractivity contribution in [3.8, 4) is 0 Å². The summed E-state index contributed by atoms with van der Waals surface area (Å²) < 4.78 is 12.6. The van der Waals surface area contributed by atoms with E-state index in [4.69, 9.17) is 9.47 Å². The largest absolute Gasteiger partial charge is 0.376 e. The standard InChI is InChI=1S/C19H30N4O4/c1-13-9-14(2)23(21-13)11-18(25)22-8-7-19(27-4)6-5-15(10-16(19)22)20-17(24)12-26-3/h9,15-16H,5-8,10-12H2,1-4H3,(H,20,24)/t15-,16+,19-/m1/s1. The highest BCUT2D eigenvalue weighted by atomic mass is 16.5. The van der Waals surface area contributed by atoms with Crippen molar-refractivity contribution >= 4 is 11.8 Å². The first-order valence-corrected chi connectivity index (χ1v) is 9.52. The third-order valence-electron chi connectivity index (χ3n) is 5.94. The Morgan fingerprint density at radius 2 is 2.11 bits per heavy atom. The summed E-state index contributed by atoms with van der Waals surface area (Å²) in [5, 5.41) is 7.43. The van der Waals surface area contributed by atoms with Gasteiger partial charge in [0.2, 0.25) is 11.8 Å². The van der Waals surface area contributed by atoms with Crippen molar-refractivity contribution in [2.45, 2.75) is 63.8 Å². The summed E-state index contributed by atoms with van der Waals surface area (Å²) in [5.41, 5.74) is 1.57. The monoisotopic (exact) mass is 378 g/mol. The molecule has 1 aliphatic carbocycles. The Labute approximate surface area is 160 Å². The molecule has 1 N–H and O–H groups in total. The summed E-state index contributed by atoms with van der Waals surface area (Å²) in [6, 6.07) is 1.97. The van der Waals surface area contributed by atoms with Gasteiger partial charge in [0.25, 0.3) is 0 Å². The van der Waals surface area contributed by atoms with Gasteiger partial charge >= 0.3 is 0 Å². The minimum absolute atomic E-state index is 0.0306. The number of carbonyl (C=O) groups is 2. The van der Waals surface area contributed by atoms with E-state index in [1.807, 2.05) is 24.8 Å². The molecule has 2 heterocycles. The minimum atomic E-state index is -0.312. The van der Waals surface area contributed by atoms with Gasteiger partial charge in [-0.2, -0.15) is 5.10 Å². The number of nitrogens with zero attached hydrogens (tertiary/aromatic N) is 3. The number of hydrogen-bond donors (Lipinski definition) is 1. The van der Waals surface area contributed by atoms with Crippen LogP contribution in [0.3, 0.4) is 0 Å². The van der Waals surface area contributed by atoms with Gasteiger partial charge in [-0.25, -0.2) is 0 Å². The second kappa shape index (κ2) is 7.98. The zero-order valence-electron chi connectivity index (χ0n) is 16.7. The van der Waals surface area contributed by atoms with E-state index in [9.17, 15) is 9.59 Å². The molecule has 1 aromatic rings. The minimum Gasteiger partial charge on any atom is -0.376 e. The quantitative estimate of drug-likeness (QED) is 0.791. The number of ether oxygens (including phenoxy) is 2. The molecule has 27 heavy (non-hydrogen) atoms. The lowest BCUT2D eigenvalue weighted by Gasteiger charge is -2.43. The van der Waals surface area contributed by atoms with Crippen LogP contribution in [-0.2, 0) is 25.6 Å². The highest BCUT2D eigenvalue weighted by Crippen LogP contribution is 2.42. The first-order chi connectivity index (χ1) is 12.9. The Morgan fingerprint density at radius 3 is 2.74 bits per heavy atom. The number of nitrogens with one attached hydrogen (secondary N) is 1. The summed E-state index contributed by atoms with van der Waals surface area (Å²) in [7, 11) is 3.23. The van der Waals surface area contributed by atoms with Crippen LogP contribution in [0, 0.1) is 13.8 Å². The molecule has 150 valence electrons. The van der Waals surface area contributed by atoms with Gasteiger partial charge in [-0.15, -0.1) is 0 Å². The lowest BCUT2D eigenvalue weighted by atomic mass is 9.78. The number of rotatable bonds is 6. The maximum absolute atomic E-state index is 13.0. The lowest BCUT2D eigenvalue weighted by molar-refractivity contribution is -0.139. The van der Waals surface area contributed by atoms with Crippen LogP contribution in [0.1, 0.15) is 37.1 Å². The predicted molar refractivity (Wildman–Crippen MR) is 99.2 cm³/mol. The number of aromatic nitrogens is 2. The molecule has 8 nitrogen and oxygen atoms in total. The van der Waals surface area contributed by atoms with E-state index < -0.39 is 0 Å². The van der Waals surface area contributed by atoms with Crippen molar-refractivity contribution in [1.29, 1.82) is 0 Å². The van der Waals surface area contributed by atoms with Gasteiger partial charge in [-0.1, -0.05) is 0 Å². The summed E-state index contributed by atoms with van der Waals surface area (Å²) in [5.74, 6) is -0.0695. The normalized spacial score (nSPS) is 27.5. The van der Waals surface area contributed by atoms with Crippen molar-refractivity contribution in [3.05, 3.63) is 17.5 Å². The molecule has 1 saturated heterocycles. The van der Waals surface area contributed by atoms with E-state index in [0.29, 0.717) is 13.0 Å². The van der Waals surface area contributed by atoms with Crippen LogP contribution in [0.25, 0.3) is 0 Å². The van der Waals surface area contributed by atoms with E-state index in [1.54, 1.807) is 11.8 Å². The fraction of sp³-hybridized carbons (Fsp3) is 0.737. The Hall–Kier alpha value is -1.93. The molecule has 3 rings (SSSR count). The SMILES string of the molecule is COCC(=O)N[C@@H]1CC[C@@]2(OC)CCN(C(=O)Cn3nc(C)cc3C)[C@H]2C1. The predicted octanol–water partition coefficient (Wildman–Crippen LogP) is 0.801. The van der Waals surface area contributed by atoms with E-state index in [0.717, 1.165) is 30.7 Å². The highest BCUT2D eigenvalue weighted by molar-refractivity contribution is 5.78. The third kappa shape index (κ3) is 4.01. The average Bonchev–Trinajstić information content (AvgIpc) is 3.15. The Kier molecular flexibility index (Phi) is 5.86. The summed E-state index contributed by atoms with van der Waals surface area (Å²) >= 11 is 0. The van der Waals surface area contributed by atoms with E-state index in [1.165, 1.54) is 7.11 Å². The Morgan fingerprint density at radius 1 is 1.33 bits per heavy atom. The van der Waals surface area contributed by atoms with Gasteiger partial charge < -0.3 is 19.7 Å². The van der Waals surface area contributed by atoms with E-state index in [2.05, 4.69) is 10.4 Å². The van der Waals surface area contributed by atoms with E-state index in [-0.39, 0.29) is 42.7 Å². The molecule has 0 aromatic carbocycles. The number of aryl methyl sites for hydroxylation is 2. The molecule has 2 aliphatic rings. The van der Waals surface area contributed by atoms with Crippen LogP contribution < -0.4 is 5.32 Å². The molecule has 0 unspecified atom stereocenters. The maximum Gasteiger partial charge on any atom is 0.246 e. The molecule has 1 saturated carbocycles. The molecular weight excluding hydrogens is 348 g/mol. The number of methoxy groups -OCH3 is 2. The van der Waals surface area contributed by atoms with Gasteiger partial charge in [0.15, 0.2) is 0 Å². The van der Waals surface area contributed by atoms with Crippen molar-refractivity contribution in [2.75, 3.05) is 27.4 Å². The van der Waals surface area contributed by atoms with E-state index >= 15 is 0 Å². The molecule has 8 heteroatoms. The summed E-state index contributed by atoms with van der Waals surface area (Å²) in [6.45, 7) is 4.84. The highest BCUT2D eigenvalue weighted by Gasteiger charge is 2.52. The van der Waals surface area contributed by atoms with Crippen molar-refractivity contribution in [1.82, 2.24) is 20.0 Å². The fourth-order valence-corrected chi connectivity index (χ4v) is 4.58. The molecule has 1 aromatic heterocycles. The van der Waals surface area contributed by atoms with Crippen LogP contribution in [-0.4, -0.2) is 71.6 Å². The zero-order chi connectivity index (χ0) is 19.6. The van der Waals surface area contributed by atoms with Crippen LogP contribution in [0.4, 0.5) is 0 Å². The zero-order valence-corrected chi connectivity index (χ0v) is 16.7. The van der Waals surface area contributed by atoms with Gasteiger partial charge in [0, 0.05) is 32.5 Å². The van der Waals surface area contributed by atoms with Gasteiger partial charge in [0.05, 0.1) is 17.3 Å². The molecule has 0 radical (unpaired) electrons. The number of likely N-dealkylation sites (tertiary alicyclic amines) is 1. The average molecular weight is 378 g/mol. The summed E-state index contributed by atoms with van der Waals surface area (Å²) in [4.78, 5) is 26.8. The Bertz CT molecular complexity index is 704. The van der Waals surface area contributed by atoms with Crippen LogP contribution >= 0.6 is 0 Å². The maximum atomic E-state index is 13.0. The first kappa shape index (κ1) is 19.8. The molecular formula is C19H30N4O4. The molecule has 2 amide bonds. The topological polar surface area (TPSA) is 85.7 Å². The van der Waals surface area contributed by atoms with Gasteiger partial charge in [-0.05, 0) is 45.6 Å². The van der Waals surface area contributed by atoms with Crippen LogP contribution in [0.2, 0.25) is 0 Å². The second-order valence-corrected chi connectivity index (χ2v) is 7.68. The van der Waals surface area contributed by atoms with Crippen LogP contribution in [0.5, 0.6) is 0 Å². The van der Waals surface area contributed by atoms with Gasteiger partial charge in [0.1, 0.15) is 13.2 Å². The molecule has 0 bridgehead atoms. The third-order valence-corrected chi connectivity index (χ3v) is 5.94. The number of hydrogen-bond acceptors (Lipinski definition) is 5. The fourth-order valence-electron chi connectivity index (χ4n) is 4.58. The van der Waals surface area contributed by atoms with Crippen molar-refractivity contribution < 1.29 is 19.1 Å². The molecule has 1 aliphatic heterocycles. The lowest BCUT2D eigenvalue weighted by Crippen LogP contribution is -2.56. The number of carbonyl (C=O) groups excluding carboxylic acids is 2. The molecule has 2 fully saturated rings. The van der Waals surface area contributed by atoms with Crippen molar-refractivity contribution in [3.63, 3.8) is 0 Å². The summed E-state index contributed by atoms with van der Waals surface area (Å²) in [6.07, 6.45) is 3.21. The molecule has 0 spiro atoms. The smallest absolute Gasteiger partial charge is 0.246 e. The first-order valence-electron chi connectivity index (χ1n) is 9.52. The van der Waals surface area contributed by atoms with Gasteiger partial charge in [-0.3, -0.25) is 14.3 Å². The molecule has 3 atom stereocenters. The van der Waals surface area contributed by atoms with Crippen molar-refractivity contribution in [2.24, 2.45) is 0 Å². The van der Waals surface area contributed by atoms with Crippen LogP contribution in [0.15, 0.2) is 6.07 Å². The number of fused-ring (bicyclic) bond motifs is 1.